The van der Waals surface area contributed by atoms with Gasteiger partial charge in [-0.2, -0.15) is 13.2 Å². The van der Waals surface area contributed by atoms with Crippen LogP contribution in [0.1, 0.15) is 84.8 Å². The maximum atomic E-state index is 13.1. The van der Waals surface area contributed by atoms with Crippen molar-refractivity contribution in [2.24, 2.45) is 34.5 Å². The number of alkyl halides is 3. The monoisotopic (exact) mass is 1320 g/mol. The van der Waals surface area contributed by atoms with Crippen molar-refractivity contribution in [3.8, 4) is 23.0 Å². The number of rotatable bonds is 24. The Balaban J connectivity index is 0.000000172. The Hall–Kier alpha value is -10.1. The van der Waals surface area contributed by atoms with Crippen LogP contribution >= 0.6 is 0 Å². The number of hydroxylamine groups is 2. The molecular weight excluding hydrogens is 1250 g/mol. The lowest BCUT2D eigenvalue weighted by Crippen LogP contribution is -2.32. The number of benzene rings is 6. The van der Waals surface area contributed by atoms with Gasteiger partial charge in [-0.15, -0.1) is 0 Å². The predicted molar refractivity (Wildman–Crippen MR) is 343 cm³/mol. The Morgan fingerprint density at radius 3 is 1.88 bits per heavy atom. The number of hydrogen-bond acceptors (Lipinski definition) is 18. The molecule has 0 unspecified atom stereocenters. The number of ether oxygens (including phenoxy) is 8. The van der Waals surface area contributed by atoms with Crippen molar-refractivity contribution >= 4 is 57.5 Å². The molecule has 3 saturated carbocycles. The van der Waals surface area contributed by atoms with Crippen molar-refractivity contribution in [2.45, 2.75) is 91.2 Å². The van der Waals surface area contributed by atoms with Crippen LogP contribution in [0.5, 0.6) is 23.0 Å². The lowest BCUT2D eigenvalue weighted by molar-refractivity contribution is -0.154. The number of carbonyl (C=O) groups is 6. The molecule has 2 amide bonds. The number of nitrogens with one attached hydrogen (secondary N) is 2. The maximum absolute atomic E-state index is 13.1. The summed E-state index contributed by atoms with van der Waals surface area (Å²) in [6, 6.07) is 47.0. The van der Waals surface area contributed by atoms with Crippen LogP contribution in [-0.4, -0.2) is 90.6 Å². The van der Waals surface area contributed by atoms with Gasteiger partial charge in [0.1, 0.15) is 59.4 Å². The number of carbonyl (C=O) groups excluding carboxylic acids is 6. The minimum atomic E-state index is -4.57. The molecule has 504 valence electrons. The summed E-state index contributed by atoms with van der Waals surface area (Å²) in [5.74, 6) is -2.53. The van der Waals surface area contributed by atoms with Crippen LogP contribution in [0.15, 0.2) is 158 Å². The number of halogens is 3. The first-order valence-corrected chi connectivity index (χ1v) is 31.0. The van der Waals surface area contributed by atoms with E-state index in [1.54, 1.807) is 72.5 Å². The van der Waals surface area contributed by atoms with Gasteiger partial charge in [0.15, 0.2) is 0 Å². The van der Waals surface area contributed by atoms with Crippen LogP contribution in [0, 0.1) is 41.4 Å². The van der Waals surface area contributed by atoms with Gasteiger partial charge in [0.05, 0.1) is 68.6 Å². The fourth-order valence-corrected chi connectivity index (χ4v) is 12.0. The molecule has 0 aliphatic heterocycles. The number of methoxy groups -OCH3 is 3. The molecule has 0 saturated heterocycles. The highest BCUT2D eigenvalue weighted by molar-refractivity contribution is 5.98. The van der Waals surface area contributed by atoms with Gasteiger partial charge in [-0.25, -0.2) is 15.9 Å². The number of hydrogen-bond donors (Lipinski definition) is 4. The highest BCUT2D eigenvalue weighted by Gasteiger charge is 2.67. The first-order valence-electron chi connectivity index (χ1n) is 31.0. The Morgan fingerprint density at radius 2 is 1.20 bits per heavy atom. The third-order valence-corrected chi connectivity index (χ3v) is 17.2. The van der Waals surface area contributed by atoms with E-state index in [1.807, 2.05) is 112 Å². The van der Waals surface area contributed by atoms with Gasteiger partial charge in [-0.3, -0.25) is 44.2 Å². The first kappa shape index (κ1) is 70.2. The molecule has 6 aromatic carbocycles. The van der Waals surface area contributed by atoms with Gasteiger partial charge in [-0.1, -0.05) is 111 Å². The maximum Gasteiger partial charge on any atom is 0.433 e. The number of aromatic nitrogens is 2. The summed E-state index contributed by atoms with van der Waals surface area (Å²) in [7, 11) is 3.96. The lowest BCUT2D eigenvalue weighted by atomic mass is 9.92. The first-order chi connectivity index (χ1) is 46.1. The third-order valence-electron chi connectivity index (χ3n) is 17.2. The quantitative estimate of drug-likeness (QED) is 0.0189. The van der Waals surface area contributed by atoms with Crippen molar-refractivity contribution < 1.29 is 90.2 Å². The number of esters is 4. The Labute approximate surface area is 552 Å². The van der Waals surface area contributed by atoms with Crippen molar-refractivity contribution in [1.29, 1.82) is 0 Å². The Kier molecular flexibility index (Phi) is 22.3. The summed E-state index contributed by atoms with van der Waals surface area (Å²) in [6.07, 6.45) is -2.92. The van der Waals surface area contributed by atoms with Crippen LogP contribution < -0.4 is 29.9 Å². The van der Waals surface area contributed by atoms with E-state index in [-0.39, 0.29) is 43.4 Å². The molecule has 8 aromatic rings. The Morgan fingerprint density at radius 1 is 0.573 bits per heavy atom. The van der Waals surface area contributed by atoms with E-state index in [0.717, 1.165) is 44.9 Å². The van der Waals surface area contributed by atoms with Crippen LogP contribution in [0.2, 0.25) is 0 Å². The number of fused-ring (bicyclic) bond motifs is 2. The van der Waals surface area contributed by atoms with E-state index >= 15 is 0 Å². The normalized spacial score (nSPS) is 19.6. The number of amides is 2. The second-order valence-corrected chi connectivity index (χ2v) is 24.2. The van der Waals surface area contributed by atoms with Crippen molar-refractivity contribution in [1.82, 2.24) is 20.9 Å². The average Bonchev–Trinajstić information content (AvgIpc) is 1.57. The molecule has 0 spiro atoms. The molecule has 2 heterocycles. The van der Waals surface area contributed by atoms with E-state index in [2.05, 4.69) is 9.97 Å². The predicted octanol–water partition coefficient (Wildman–Crippen LogP) is 11.7. The topological polar surface area (TPSA) is 267 Å². The number of pyridine rings is 2. The molecule has 4 N–H and O–H groups in total. The second kappa shape index (κ2) is 30.5. The van der Waals surface area contributed by atoms with Crippen molar-refractivity contribution in [2.75, 3.05) is 34.5 Å². The Bertz CT molecular complexity index is 4120. The molecule has 3 fully saturated rings. The highest BCUT2D eigenvalue weighted by atomic mass is 19.4. The zero-order chi connectivity index (χ0) is 69.0. The van der Waals surface area contributed by atoms with Gasteiger partial charge >= 0.3 is 30.1 Å². The van der Waals surface area contributed by atoms with E-state index < -0.39 is 81.6 Å². The highest BCUT2D eigenvalue weighted by Crippen LogP contribution is 2.58. The smallest absolute Gasteiger partial charge is 0.433 e. The van der Waals surface area contributed by atoms with Gasteiger partial charge in [-0.05, 0) is 140 Å². The second-order valence-electron chi connectivity index (χ2n) is 24.2. The summed E-state index contributed by atoms with van der Waals surface area (Å²) in [4.78, 5) is 82.1. The SMILES string of the molecule is CCOC(=O)[C@@]1(Cc2ccc(OCc3ccc(OC)c4nc(C(F)(F)F)ccc34)cc2)C[C@@H]1C(=O)OC.COC(=O)[C@]1(Cc2cccc(OCc3ccccc3)c2)C[C@H]1C(=O)NO.Cc1cc(COc2cccc([C@@]3(C(=O)OCC(C)C)C[C@H]3C(=O)NO)c2)c2ccccc2n1. The number of nitrogens with zero attached hydrogens (tertiary/aromatic N) is 2. The molecule has 96 heavy (non-hydrogen) atoms. The van der Waals surface area contributed by atoms with Crippen molar-refractivity contribution in [3.05, 3.63) is 202 Å². The van der Waals surface area contributed by atoms with Crippen LogP contribution in [-0.2, 0) is 92.0 Å². The molecule has 0 radical (unpaired) electrons. The fourth-order valence-electron chi connectivity index (χ4n) is 12.0. The molecule has 3 aliphatic rings. The van der Waals surface area contributed by atoms with Gasteiger partial charge < -0.3 is 37.9 Å². The van der Waals surface area contributed by atoms with E-state index in [9.17, 15) is 41.9 Å². The molecule has 11 rings (SSSR count). The minimum absolute atomic E-state index is 0.0874. The molecule has 20 nitrogen and oxygen atoms in total. The molecule has 3 aliphatic carbocycles. The summed E-state index contributed by atoms with van der Waals surface area (Å²) in [5, 5.41) is 19.5. The zero-order valence-electron chi connectivity index (χ0n) is 54.0. The van der Waals surface area contributed by atoms with E-state index in [0.29, 0.717) is 72.7 Å². The van der Waals surface area contributed by atoms with Gasteiger partial charge in [0.25, 0.3) is 0 Å². The lowest BCUT2D eigenvalue weighted by Gasteiger charge is -2.19. The molecule has 6 atom stereocenters. The number of para-hydroxylation sites is 1. The van der Waals surface area contributed by atoms with Crippen molar-refractivity contribution in [3.63, 3.8) is 0 Å². The third kappa shape index (κ3) is 16.1. The van der Waals surface area contributed by atoms with Crippen LogP contribution in [0.4, 0.5) is 13.2 Å². The fraction of sp³-hybridized carbons (Fsp3) is 0.342. The zero-order valence-corrected chi connectivity index (χ0v) is 54.0. The molecule has 23 heteroatoms. The average molecular weight is 1320 g/mol. The standard InChI is InChI=1S/C27H26F3NO6.C26H28N2O5.C20H21NO5/c1-4-36-25(33)26(14-20(26)24(32)35-3)13-16-5-8-18(9-6-16)37-15-17-7-11-21(34-2)23-19(17)10-12-22(31-23)27(28,29)30;1-16(2)14-33-25(30)26(13-22(26)24(29)28-31)19-7-6-8-20(12-19)32-15-18-11-17(3)27-23-10-5-4-9-21(18)23;1-25-19(23)20(12-17(20)18(22)21-24)11-15-8-5-9-16(10-15)26-13-14-6-3-2-4-7-14/h5-12,20H,4,13-15H2,1-3H3;4-12,16,22,31H,13-15H2,1-3H3,(H,28,29);2-10,17,24H,11-13H2,1H3,(H,21,22)/t20-,26+;22-,26-;17-,20+/m100/s1. The largest absolute Gasteiger partial charge is 0.494 e. The van der Waals surface area contributed by atoms with E-state index in [1.165, 1.54) is 27.4 Å². The van der Waals surface area contributed by atoms with Crippen LogP contribution in [0.25, 0.3) is 21.8 Å². The summed E-state index contributed by atoms with van der Waals surface area (Å²) >= 11 is 0. The van der Waals surface area contributed by atoms with Gasteiger partial charge in [0.2, 0.25) is 11.8 Å². The van der Waals surface area contributed by atoms with Gasteiger partial charge in [0, 0.05) is 22.0 Å². The molecular formula is C73H75F3N4O16. The summed E-state index contributed by atoms with van der Waals surface area (Å²) in [6.45, 7) is 8.90. The van der Waals surface area contributed by atoms with E-state index in [4.69, 9.17) is 48.3 Å². The summed E-state index contributed by atoms with van der Waals surface area (Å²) < 4.78 is 82.8. The molecule has 2 aromatic heterocycles. The minimum Gasteiger partial charge on any atom is -0.494 e. The van der Waals surface area contributed by atoms with Crippen LogP contribution in [0.3, 0.4) is 0 Å². The summed E-state index contributed by atoms with van der Waals surface area (Å²) in [5.41, 5.74) is 6.26. The number of aryl methyl sites for hydroxylation is 1. The molecule has 0 bridgehead atoms.